The van der Waals surface area contributed by atoms with Crippen molar-refractivity contribution in [3.05, 3.63) is 82.9 Å². The van der Waals surface area contributed by atoms with Crippen LogP contribution in [0.5, 0.6) is 11.5 Å². The van der Waals surface area contributed by atoms with Crippen LogP contribution in [0.3, 0.4) is 0 Å². The molecule has 0 spiro atoms. The van der Waals surface area contributed by atoms with Crippen LogP contribution in [-0.2, 0) is 34.9 Å². The predicted octanol–water partition coefficient (Wildman–Crippen LogP) is 5.81. The number of aromatic nitrogens is 2. The van der Waals surface area contributed by atoms with E-state index in [1.54, 1.807) is 44.4 Å². The highest BCUT2D eigenvalue weighted by Crippen LogP contribution is 2.46. The van der Waals surface area contributed by atoms with Gasteiger partial charge in [-0.15, -0.1) is 11.3 Å². The summed E-state index contributed by atoms with van der Waals surface area (Å²) in [7, 11) is -2.49. The van der Waals surface area contributed by atoms with E-state index in [-0.39, 0.29) is 31.2 Å². The maximum Gasteiger partial charge on any atom is 0.259 e. The van der Waals surface area contributed by atoms with Crippen molar-refractivity contribution in [2.45, 2.75) is 95.3 Å². The van der Waals surface area contributed by atoms with E-state index in [4.69, 9.17) is 24.2 Å². The molecular formula is C42H49N5O8S2. The Kier molecular flexibility index (Phi) is 11.7. The number of hydrogen-bond acceptors (Lipinski definition) is 11. The average molecular weight is 816 g/mol. The van der Waals surface area contributed by atoms with Gasteiger partial charge in [0.05, 0.1) is 30.6 Å². The number of fused-ring (bicyclic) bond motifs is 3. The summed E-state index contributed by atoms with van der Waals surface area (Å²) in [4.78, 5) is 53.7. The number of ether oxygens (including phenoxy) is 3. The van der Waals surface area contributed by atoms with Crippen LogP contribution in [0.25, 0.3) is 21.6 Å². The smallest absolute Gasteiger partial charge is 0.259 e. The molecule has 3 amide bonds. The third-order valence-corrected chi connectivity index (χ3v) is 13.0. The molecule has 15 heteroatoms. The van der Waals surface area contributed by atoms with Crippen LogP contribution < -0.4 is 19.5 Å². The molecule has 57 heavy (non-hydrogen) atoms. The lowest BCUT2D eigenvalue weighted by molar-refractivity contribution is -0.147. The van der Waals surface area contributed by atoms with Crippen LogP contribution in [0.2, 0.25) is 0 Å². The molecule has 2 aromatic carbocycles. The van der Waals surface area contributed by atoms with Crippen molar-refractivity contribution in [2.24, 2.45) is 5.92 Å². The van der Waals surface area contributed by atoms with Gasteiger partial charge in [0.1, 0.15) is 46.0 Å². The number of sulfonamides is 1. The molecule has 1 saturated heterocycles. The van der Waals surface area contributed by atoms with Gasteiger partial charge in [-0.2, -0.15) is 0 Å². The Bertz CT molecular complexity index is 2300. The van der Waals surface area contributed by atoms with Crippen molar-refractivity contribution >= 4 is 50.0 Å². The molecule has 7 rings (SSSR count). The number of carbonyl (C=O) groups excluding carboxylic acids is 3. The van der Waals surface area contributed by atoms with Gasteiger partial charge in [-0.05, 0) is 63.1 Å². The van der Waals surface area contributed by atoms with Crippen LogP contribution in [0.15, 0.2) is 66.1 Å². The number of allylic oxidation sites excluding steroid dienone is 1. The highest BCUT2D eigenvalue weighted by Gasteiger charge is 2.61. The third kappa shape index (κ3) is 8.70. The second-order valence-corrected chi connectivity index (χ2v) is 18.0. The Morgan fingerprint density at radius 3 is 2.65 bits per heavy atom. The van der Waals surface area contributed by atoms with Gasteiger partial charge in [0.15, 0.2) is 0 Å². The normalized spacial score (nSPS) is 24.8. The lowest BCUT2D eigenvalue weighted by Crippen LogP contribution is -2.57. The summed E-state index contributed by atoms with van der Waals surface area (Å²) in [6, 6.07) is 13.1. The first-order chi connectivity index (χ1) is 27.3. The van der Waals surface area contributed by atoms with E-state index in [9.17, 15) is 22.8 Å². The Labute approximate surface area is 337 Å². The van der Waals surface area contributed by atoms with Gasteiger partial charge < -0.3 is 24.4 Å². The molecule has 4 aromatic rings. The van der Waals surface area contributed by atoms with Crippen LogP contribution in [0.1, 0.15) is 75.6 Å². The van der Waals surface area contributed by atoms with E-state index >= 15 is 0 Å². The topological polar surface area (TPSA) is 166 Å². The lowest BCUT2D eigenvalue weighted by Gasteiger charge is -2.28. The van der Waals surface area contributed by atoms with Crippen LogP contribution in [-0.4, -0.2) is 85.1 Å². The summed E-state index contributed by atoms with van der Waals surface area (Å²) in [5.41, 5.74) is 2.09. The van der Waals surface area contributed by atoms with Gasteiger partial charge in [0.25, 0.3) is 11.8 Å². The minimum Gasteiger partial charge on any atom is -0.496 e. The molecule has 2 N–H and O–H groups in total. The van der Waals surface area contributed by atoms with Crippen molar-refractivity contribution in [1.82, 2.24) is 24.9 Å². The number of methoxy groups -OCH3 is 1. The molecular weight excluding hydrogens is 767 g/mol. The summed E-state index contributed by atoms with van der Waals surface area (Å²) in [6.45, 7) is 8.20. The number of pyridine rings is 1. The van der Waals surface area contributed by atoms with Gasteiger partial charge in [-0.3, -0.25) is 19.1 Å². The summed E-state index contributed by atoms with van der Waals surface area (Å²) < 4.78 is 47.0. The second kappa shape index (κ2) is 16.5. The number of aryl methyl sites for hydroxylation is 1. The number of benzene rings is 2. The van der Waals surface area contributed by atoms with E-state index in [0.29, 0.717) is 47.7 Å². The standard InChI is InChI=1S/C42H49N5O8S2/c1-25(2)33-23-56-39(44-33)32-20-36(31-16-17-35(53-5)26(3)37(31)43-32)55-30-19-34-38(48)45-42(41(50)46-57(51,52)24-28-13-9-8-10-14-28)21-29(42)15-11-6-7-12-18-54-27(4)40(49)47(34)22-30/h8-11,13-17,20,23,25,27,29-30,34H,6-7,12,18-19,21-22,24H2,1-5H3,(H,45,48)(H,46,50)/b15-11-/t27-,29-,30-,34+,42-/m1/s1. The van der Waals surface area contributed by atoms with Crippen molar-refractivity contribution in [2.75, 3.05) is 20.3 Å². The Hall–Kier alpha value is -4.86. The maximum absolute atomic E-state index is 14.4. The second-order valence-electron chi connectivity index (χ2n) is 15.4. The van der Waals surface area contributed by atoms with Crippen LogP contribution >= 0.6 is 11.3 Å². The molecule has 2 aromatic heterocycles. The Balaban J connectivity index is 1.20. The molecule has 13 nitrogen and oxygen atoms in total. The number of hydrogen-bond donors (Lipinski definition) is 2. The van der Waals surface area contributed by atoms with Gasteiger partial charge >= 0.3 is 0 Å². The van der Waals surface area contributed by atoms with E-state index in [2.05, 4.69) is 23.9 Å². The highest BCUT2D eigenvalue weighted by molar-refractivity contribution is 7.89. The molecule has 5 atom stereocenters. The number of nitrogens with one attached hydrogen (secondary N) is 2. The molecule has 3 aliphatic rings. The fourth-order valence-electron chi connectivity index (χ4n) is 7.57. The first kappa shape index (κ1) is 40.3. The zero-order chi connectivity index (χ0) is 40.5. The number of carbonyl (C=O) groups is 3. The lowest BCUT2D eigenvalue weighted by atomic mass is 10.1. The van der Waals surface area contributed by atoms with Gasteiger partial charge in [0.2, 0.25) is 15.9 Å². The number of rotatable bonds is 9. The van der Waals surface area contributed by atoms with Gasteiger partial charge in [-0.1, -0.05) is 56.3 Å². The van der Waals surface area contributed by atoms with E-state index < -0.39 is 57.3 Å². The summed E-state index contributed by atoms with van der Waals surface area (Å²) in [6.07, 6.45) is 4.87. The molecule has 1 saturated carbocycles. The number of nitrogens with zero attached hydrogens (tertiary/aromatic N) is 3. The summed E-state index contributed by atoms with van der Waals surface area (Å²) in [5.74, 6) is -1.18. The van der Waals surface area contributed by atoms with Crippen molar-refractivity contribution in [3.8, 4) is 22.2 Å². The molecule has 302 valence electrons. The zero-order valence-corrected chi connectivity index (χ0v) is 34.5. The van der Waals surface area contributed by atoms with Crippen molar-refractivity contribution in [1.29, 1.82) is 0 Å². The van der Waals surface area contributed by atoms with Gasteiger partial charge in [0, 0.05) is 41.3 Å². The molecule has 0 bridgehead atoms. The Morgan fingerprint density at radius 1 is 1.12 bits per heavy atom. The molecule has 2 aliphatic heterocycles. The first-order valence-corrected chi connectivity index (χ1v) is 21.9. The SMILES string of the molecule is COc1ccc2c(O[C@@H]3C[C@H]4C(=O)N[C@]5(C(=O)NS(=O)(=O)Cc6ccccc6)C[C@H]5/C=C\CCCCO[C@H](C)C(=O)N4C3)cc(-c3nc(C(C)C)cs3)nc2c1C. The zero-order valence-electron chi connectivity index (χ0n) is 32.8. The Morgan fingerprint density at radius 2 is 1.91 bits per heavy atom. The number of amides is 3. The van der Waals surface area contributed by atoms with Crippen molar-refractivity contribution < 1.29 is 37.0 Å². The summed E-state index contributed by atoms with van der Waals surface area (Å²) in [5, 5.41) is 6.40. The summed E-state index contributed by atoms with van der Waals surface area (Å²) >= 11 is 1.49. The molecule has 2 fully saturated rings. The van der Waals surface area contributed by atoms with E-state index in [1.165, 1.54) is 16.2 Å². The van der Waals surface area contributed by atoms with Crippen molar-refractivity contribution in [3.63, 3.8) is 0 Å². The van der Waals surface area contributed by atoms with E-state index in [1.807, 2.05) is 42.7 Å². The fourth-order valence-corrected chi connectivity index (χ4v) is 9.68. The third-order valence-electron chi connectivity index (χ3n) is 10.9. The maximum atomic E-state index is 14.4. The molecule has 4 heterocycles. The van der Waals surface area contributed by atoms with Gasteiger partial charge in [-0.25, -0.2) is 18.4 Å². The quantitative estimate of drug-likeness (QED) is 0.197. The average Bonchev–Trinajstić information content (AvgIpc) is 3.46. The molecule has 0 radical (unpaired) electrons. The van der Waals surface area contributed by atoms with Crippen LogP contribution in [0.4, 0.5) is 0 Å². The largest absolute Gasteiger partial charge is 0.496 e. The minimum absolute atomic E-state index is 0.0711. The van der Waals surface area contributed by atoms with E-state index in [0.717, 1.165) is 28.1 Å². The minimum atomic E-state index is -4.10. The molecule has 0 unspecified atom stereocenters. The first-order valence-electron chi connectivity index (χ1n) is 19.4. The number of thiazole rings is 1. The predicted molar refractivity (Wildman–Crippen MR) is 217 cm³/mol. The van der Waals surface area contributed by atoms with Crippen LogP contribution in [0, 0.1) is 12.8 Å². The molecule has 1 aliphatic carbocycles. The highest BCUT2D eigenvalue weighted by atomic mass is 32.2. The monoisotopic (exact) mass is 815 g/mol. The fraction of sp³-hybridized carbons (Fsp3) is 0.452.